The Morgan fingerprint density at radius 1 is 1.45 bits per heavy atom. The molecule has 0 aromatic rings. The molecule has 0 aromatic carbocycles. The predicted molar refractivity (Wildman–Crippen MR) is 48.6 cm³/mol. The van der Waals surface area contributed by atoms with E-state index in [2.05, 4.69) is 19.2 Å². The summed E-state index contributed by atoms with van der Waals surface area (Å²) >= 11 is 0. The number of aliphatic hydroxyl groups is 1. The zero-order chi connectivity index (χ0) is 8.69. The van der Waals surface area contributed by atoms with E-state index in [1.807, 2.05) is 7.05 Å². The van der Waals surface area contributed by atoms with Crippen molar-refractivity contribution in [1.82, 2.24) is 5.32 Å². The number of nitrogens with one attached hydrogen (secondary N) is 1. The molecule has 0 radical (unpaired) electrons. The monoisotopic (exact) mass is 159 g/mol. The number of aliphatic hydroxyl groups excluding tert-OH is 1. The van der Waals surface area contributed by atoms with Crippen LogP contribution in [-0.2, 0) is 0 Å². The summed E-state index contributed by atoms with van der Waals surface area (Å²) in [5.74, 6) is 0.714. The van der Waals surface area contributed by atoms with Gasteiger partial charge in [-0.1, -0.05) is 20.3 Å². The van der Waals surface area contributed by atoms with E-state index in [1.54, 1.807) is 0 Å². The molecule has 68 valence electrons. The molecule has 0 aromatic heterocycles. The van der Waals surface area contributed by atoms with Crippen LogP contribution < -0.4 is 5.32 Å². The lowest BCUT2D eigenvalue weighted by Crippen LogP contribution is -2.31. The highest BCUT2D eigenvalue weighted by atomic mass is 16.2. The minimum atomic E-state index is 0.314. The lowest BCUT2D eigenvalue weighted by Gasteiger charge is -2.21. The first-order chi connectivity index (χ1) is 5.26. The van der Waals surface area contributed by atoms with Crippen LogP contribution in [0.2, 0.25) is 0 Å². The molecule has 0 rings (SSSR count). The van der Waals surface area contributed by atoms with E-state index in [1.165, 1.54) is 6.42 Å². The molecule has 2 N–H and O–H groups in total. The van der Waals surface area contributed by atoms with Crippen LogP contribution in [0.1, 0.15) is 33.1 Å². The molecule has 2 heteroatoms. The molecule has 0 aliphatic rings. The van der Waals surface area contributed by atoms with Gasteiger partial charge in [0.15, 0.2) is 0 Å². The third kappa shape index (κ3) is 4.38. The Bertz CT molecular complexity index is 85.6. The molecule has 2 atom stereocenters. The standard InChI is InChI=1S/C9H21NO/c1-4-8(2)9(10-3)6-5-7-11/h8-11H,4-7H2,1-3H3/t8-,9+/m1/s1. The summed E-state index contributed by atoms with van der Waals surface area (Å²) in [6.45, 7) is 4.76. The van der Waals surface area contributed by atoms with E-state index >= 15 is 0 Å². The summed E-state index contributed by atoms with van der Waals surface area (Å²) in [4.78, 5) is 0. The highest BCUT2D eigenvalue weighted by Gasteiger charge is 2.11. The maximum absolute atomic E-state index is 8.64. The topological polar surface area (TPSA) is 32.3 Å². The van der Waals surface area contributed by atoms with Crippen LogP contribution in [0.4, 0.5) is 0 Å². The average molecular weight is 159 g/mol. The van der Waals surface area contributed by atoms with Crippen molar-refractivity contribution in [2.75, 3.05) is 13.7 Å². The zero-order valence-electron chi connectivity index (χ0n) is 7.93. The fraction of sp³-hybridized carbons (Fsp3) is 1.00. The zero-order valence-corrected chi connectivity index (χ0v) is 7.93. The molecule has 0 aliphatic heterocycles. The van der Waals surface area contributed by atoms with Crippen LogP contribution >= 0.6 is 0 Å². The first kappa shape index (κ1) is 10.9. The van der Waals surface area contributed by atoms with Crippen molar-refractivity contribution < 1.29 is 5.11 Å². The molecule has 0 aliphatic carbocycles. The Balaban J connectivity index is 3.56. The lowest BCUT2D eigenvalue weighted by molar-refractivity contribution is 0.262. The van der Waals surface area contributed by atoms with Gasteiger partial charge >= 0.3 is 0 Å². The van der Waals surface area contributed by atoms with Crippen molar-refractivity contribution in [1.29, 1.82) is 0 Å². The summed E-state index contributed by atoms with van der Waals surface area (Å²) in [7, 11) is 1.99. The van der Waals surface area contributed by atoms with Crippen molar-refractivity contribution >= 4 is 0 Å². The third-order valence-electron chi connectivity index (χ3n) is 2.37. The van der Waals surface area contributed by atoms with Gasteiger partial charge in [-0.2, -0.15) is 0 Å². The van der Waals surface area contributed by atoms with E-state index in [0.717, 1.165) is 12.8 Å². The minimum absolute atomic E-state index is 0.314. The third-order valence-corrected chi connectivity index (χ3v) is 2.37. The Labute approximate surface area is 70.0 Å². The molecule has 2 nitrogen and oxygen atoms in total. The van der Waals surface area contributed by atoms with Gasteiger partial charge in [-0.05, 0) is 25.8 Å². The second-order valence-electron chi connectivity index (χ2n) is 3.15. The van der Waals surface area contributed by atoms with E-state index in [0.29, 0.717) is 18.6 Å². The highest BCUT2D eigenvalue weighted by Crippen LogP contribution is 2.11. The fourth-order valence-electron chi connectivity index (χ4n) is 1.31. The fourth-order valence-corrected chi connectivity index (χ4v) is 1.31. The van der Waals surface area contributed by atoms with Crippen LogP contribution in [0.5, 0.6) is 0 Å². The van der Waals surface area contributed by atoms with E-state index in [9.17, 15) is 0 Å². The van der Waals surface area contributed by atoms with Gasteiger partial charge in [-0.3, -0.25) is 0 Å². The van der Waals surface area contributed by atoms with E-state index < -0.39 is 0 Å². The highest BCUT2D eigenvalue weighted by molar-refractivity contribution is 4.70. The van der Waals surface area contributed by atoms with Gasteiger partial charge in [0.2, 0.25) is 0 Å². The Morgan fingerprint density at radius 3 is 2.45 bits per heavy atom. The van der Waals surface area contributed by atoms with E-state index in [4.69, 9.17) is 5.11 Å². The second kappa shape index (κ2) is 6.62. The summed E-state index contributed by atoms with van der Waals surface area (Å²) in [6, 6.07) is 0.576. The molecular formula is C9H21NO. The van der Waals surface area contributed by atoms with Gasteiger partial charge < -0.3 is 10.4 Å². The largest absolute Gasteiger partial charge is 0.396 e. The van der Waals surface area contributed by atoms with E-state index in [-0.39, 0.29) is 0 Å². The van der Waals surface area contributed by atoms with Crippen molar-refractivity contribution in [2.45, 2.75) is 39.2 Å². The van der Waals surface area contributed by atoms with Gasteiger partial charge in [0.1, 0.15) is 0 Å². The molecular weight excluding hydrogens is 138 g/mol. The molecule has 0 bridgehead atoms. The maximum Gasteiger partial charge on any atom is 0.0431 e. The molecule has 0 saturated carbocycles. The lowest BCUT2D eigenvalue weighted by atomic mass is 9.95. The summed E-state index contributed by atoms with van der Waals surface area (Å²) < 4.78 is 0. The molecule has 0 spiro atoms. The number of hydrogen-bond donors (Lipinski definition) is 2. The van der Waals surface area contributed by atoms with Crippen molar-refractivity contribution in [2.24, 2.45) is 5.92 Å². The van der Waals surface area contributed by atoms with Gasteiger partial charge in [-0.15, -0.1) is 0 Å². The van der Waals surface area contributed by atoms with Crippen LogP contribution in [-0.4, -0.2) is 24.8 Å². The molecule has 0 unspecified atom stereocenters. The summed E-state index contributed by atoms with van der Waals surface area (Å²) in [5, 5.41) is 11.9. The second-order valence-corrected chi connectivity index (χ2v) is 3.15. The average Bonchev–Trinajstić information content (AvgIpc) is 2.05. The van der Waals surface area contributed by atoms with Crippen molar-refractivity contribution in [3.63, 3.8) is 0 Å². The first-order valence-electron chi connectivity index (χ1n) is 4.54. The quantitative estimate of drug-likeness (QED) is 0.614. The Morgan fingerprint density at radius 2 is 2.09 bits per heavy atom. The predicted octanol–water partition coefficient (Wildman–Crippen LogP) is 1.39. The molecule has 0 amide bonds. The Kier molecular flexibility index (Phi) is 6.57. The maximum atomic E-state index is 8.64. The van der Waals surface area contributed by atoms with Crippen LogP contribution in [0, 0.1) is 5.92 Å². The van der Waals surface area contributed by atoms with Crippen LogP contribution in [0.15, 0.2) is 0 Å². The SMILES string of the molecule is CC[C@@H](C)[C@H](CCCO)NC. The molecule has 0 fully saturated rings. The smallest absolute Gasteiger partial charge is 0.0431 e. The molecule has 0 saturated heterocycles. The first-order valence-corrected chi connectivity index (χ1v) is 4.54. The minimum Gasteiger partial charge on any atom is -0.396 e. The van der Waals surface area contributed by atoms with Gasteiger partial charge in [0.05, 0.1) is 0 Å². The Hall–Kier alpha value is -0.0800. The van der Waals surface area contributed by atoms with Gasteiger partial charge in [0, 0.05) is 12.6 Å². The van der Waals surface area contributed by atoms with Crippen LogP contribution in [0.3, 0.4) is 0 Å². The van der Waals surface area contributed by atoms with Gasteiger partial charge in [0.25, 0.3) is 0 Å². The summed E-state index contributed by atoms with van der Waals surface area (Å²) in [5.41, 5.74) is 0. The molecule has 11 heavy (non-hydrogen) atoms. The molecule has 0 heterocycles. The normalized spacial score (nSPS) is 16.4. The van der Waals surface area contributed by atoms with Crippen LogP contribution in [0.25, 0.3) is 0 Å². The summed E-state index contributed by atoms with van der Waals surface area (Å²) in [6.07, 6.45) is 3.20. The van der Waals surface area contributed by atoms with Gasteiger partial charge in [-0.25, -0.2) is 0 Å². The number of rotatable bonds is 6. The van der Waals surface area contributed by atoms with Crippen molar-refractivity contribution in [3.05, 3.63) is 0 Å². The van der Waals surface area contributed by atoms with Crippen molar-refractivity contribution in [3.8, 4) is 0 Å². The number of hydrogen-bond acceptors (Lipinski definition) is 2.